The number of carboxylic acid groups (broad SMARTS) is 1. The molecule has 0 spiro atoms. The van der Waals surface area contributed by atoms with Gasteiger partial charge in [0.15, 0.2) is 0 Å². The summed E-state index contributed by atoms with van der Waals surface area (Å²) < 4.78 is 42.5. The lowest BCUT2D eigenvalue weighted by Gasteiger charge is -2.38. The first-order chi connectivity index (χ1) is 17.1. The molecule has 3 aliphatic rings. The summed E-state index contributed by atoms with van der Waals surface area (Å²) in [4.78, 5) is 30.8. The Kier molecular flexibility index (Phi) is 8.42. The lowest BCUT2D eigenvalue weighted by Crippen LogP contribution is -2.49. The molecule has 2 atom stereocenters. The molecule has 2 fully saturated rings. The molecule has 7 nitrogen and oxygen atoms in total. The smallest absolute Gasteiger partial charge is 0.326 e. The van der Waals surface area contributed by atoms with Crippen LogP contribution in [0, 0.1) is 5.92 Å². The average molecular weight is 511 g/mol. The highest BCUT2D eigenvalue weighted by Gasteiger charge is 2.39. The molecule has 1 aromatic heterocycles. The zero-order valence-electron chi connectivity index (χ0n) is 20.7. The van der Waals surface area contributed by atoms with Gasteiger partial charge in [0.25, 0.3) is 0 Å². The molecule has 0 bridgehead atoms. The number of aliphatic carboxylic acids is 1. The second-order valence-corrected chi connectivity index (χ2v) is 10.7. The molecule has 2 aliphatic heterocycles. The highest BCUT2D eigenvalue weighted by molar-refractivity contribution is 5.85. The monoisotopic (exact) mass is 510 g/mol. The van der Waals surface area contributed by atoms with Gasteiger partial charge in [-0.15, -0.1) is 0 Å². The van der Waals surface area contributed by atoms with Gasteiger partial charge in [0.2, 0.25) is 11.8 Å². The van der Waals surface area contributed by atoms with E-state index >= 15 is 4.39 Å². The first kappa shape index (κ1) is 26.7. The van der Waals surface area contributed by atoms with E-state index in [0.717, 1.165) is 30.9 Å². The second kappa shape index (κ2) is 11.4. The van der Waals surface area contributed by atoms with E-state index in [2.05, 4.69) is 21.7 Å². The minimum atomic E-state index is -2.75. The number of carbonyl (C=O) groups excluding carboxylic acids is 1. The van der Waals surface area contributed by atoms with Crippen LogP contribution in [0.15, 0.2) is 12.1 Å². The number of anilines is 1. The molecule has 3 N–H and O–H groups in total. The zero-order chi connectivity index (χ0) is 25.8. The highest BCUT2D eigenvalue weighted by Crippen LogP contribution is 2.36. The number of hydrogen-bond acceptors (Lipinski definition) is 5. The summed E-state index contributed by atoms with van der Waals surface area (Å²) in [6.45, 7) is 2.13. The Labute approximate surface area is 210 Å². The Balaban J connectivity index is 1.25. The number of hydrogen-bond donors (Lipinski definition) is 3. The van der Waals surface area contributed by atoms with E-state index in [1.165, 1.54) is 5.56 Å². The number of carboxylic acids is 1. The maximum absolute atomic E-state index is 15.7. The minimum Gasteiger partial charge on any atom is -0.480 e. The van der Waals surface area contributed by atoms with Crippen LogP contribution in [0.5, 0.6) is 0 Å². The summed E-state index contributed by atoms with van der Waals surface area (Å²) in [6.07, 6.45) is 3.64. The van der Waals surface area contributed by atoms with Crippen molar-refractivity contribution in [3.63, 3.8) is 0 Å². The molecule has 3 heterocycles. The average Bonchev–Trinajstić information content (AvgIpc) is 2.85. The number of aromatic nitrogens is 1. The van der Waals surface area contributed by atoms with Crippen LogP contribution >= 0.6 is 0 Å². The van der Waals surface area contributed by atoms with Crippen LogP contribution in [-0.4, -0.2) is 70.7 Å². The van der Waals surface area contributed by atoms with Crippen molar-refractivity contribution in [2.75, 3.05) is 31.5 Å². The van der Waals surface area contributed by atoms with E-state index in [4.69, 9.17) is 0 Å². The van der Waals surface area contributed by atoms with Crippen molar-refractivity contribution in [2.24, 2.45) is 5.92 Å². The maximum Gasteiger partial charge on any atom is 0.326 e. The summed E-state index contributed by atoms with van der Waals surface area (Å²) in [5.41, 5.74) is 0.690. The van der Waals surface area contributed by atoms with Crippen LogP contribution < -0.4 is 10.6 Å². The van der Waals surface area contributed by atoms with Gasteiger partial charge in [0.1, 0.15) is 17.5 Å². The van der Waals surface area contributed by atoms with E-state index in [1.807, 2.05) is 11.0 Å². The predicted molar refractivity (Wildman–Crippen MR) is 130 cm³/mol. The fourth-order valence-electron chi connectivity index (χ4n) is 5.59. The van der Waals surface area contributed by atoms with E-state index in [1.54, 1.807) is 0 Å². The van der Waals surface area contributed by atoms with Gasteiger partial charge in [-0.1, -0.05) is 6.07 Å². The third-order valence-electron chi connectivity index (χ3n) is 7.82. The largest absolute Gasteiger partial charge is 0.480 e. The van der Waals surface area contributed by atoms with Crippen LogP contribution in [0.3, 0.4) is 0 Å². The lowest BCUT2D eigenvalue weighted by atomic mass is 9.86. The molecule has 4 rings (SSSR count). The number of pyridine rings is 1. The third kappa shape index (κ3) is 7.11. The third-order valence-corrected chi connectivity index (χ3v) is 7.82. The lowest BCUT2D eigenvalue weighted by molar-refractivity contribution is -0.143. The van der Waals surface area contributed by atoms with Crippen molar-refractivity contribution in [1.82, 2.24) is 15.2 Å². The van der Waals surface area contributed by atoms with Gasteiger partial charge in [-0.2, -0.15) is 0 Å². The number of rotatable bonds is 9. The highest BCUT2D eigenvalue weighted by atomic mass is 19.3. The number of piperidine rings is 1. The second-order valence-electron chi connectivity index (χ2n) is 10.7. The van der Waals surface area contributed by atoms with Crippen molar-refractivity contribution >= 4 is 17.7 Å². The molecule has 200 valence electrons. The van der Waals surface area contributed by atoms with Gasteiger partial charge >= 0.3 is 5.97 Å². The molecule has 1 amide bonds. The van der Waals surface area contributed by atoms with Crippen LogP contribution in [-0.2, 0) is 22.4 Å². The van der Waals surface area contributed by atoms with Gasteiger partial charge < -0.3 is 20.6 Å². The van der Waals surface area contributed by atoms with Gasteiger partial charge in [0, 0.05) is 44.1 Å². The summed E-state index contributed by atoms with van der Waals surface area (Å²) in [7, 11) is 0. The normalized spacial score (nSPS) is 25.4. The summed E-state index contributed by atoms with van der Waals surface area (Å²) in [5, 5.41) is 15.4. The zero-order valence-corrected chi connectivity index (χ0v) is 20.7. The number of alkyl halides is 3. The number of nitrogens with zero attached hydrogens (tertiary/aromatic N) is 2. The number of fused-ring (bicyclic) bond motifs is 1. The first-order valence-electron chi connectivity index (χ1n) is 13.2. The molecule has 1 aromatic rings. The SMILES string of the molecule is O=C(N[C@@H](CCN1CCC[C@](F)(CCc2ccc3c(n2)NCCC3)C1)C(=O)O)C1CCC(F)(F)CC1. The van der Waals surface area contributed by atoms with E-state index in [-0.39, 0.29) is 38.6 Å². The van der Waals surface area contributed by atoms with Crippen LogP contribution in [0.2, 0.25) is 0 Å². The number of nitrogens with one attached hydrogen (secondary N) is 2. The number of amides is 1. The Hall–Kier alpha value is -2.36. The summed E-state index contributed by atoms with van der Waals surface area (Å²) >= 11 is 0. The molecule has 36 heavy (non-hydrogen) atoms. The minimum absolute atomic E-state index is 0.0524. The molecule has 0 aromatic carbocycles. The summed E-state index contributed by atoms with van der Waals surface area (Å²) in [5.74, 6) is -4.08. The number of carbonyl (C=O) groups is 2. The number of halogens is 3. The molecule has 1 aliphatic carbocycles. The summed E-state index contributed by atoms with van der Waals surface area (Å²) in [6, 6.07) is 2.92. The standard InChI is InChI=1S/C26H37F3N4O3/c27-25(11-8-20-5-4-18-3-1-14-30-22(18)31-20)10-2-15-33(17-25)16-9-21(24(35)36)32-23(34)19-6-12-26(28,29)13-7-19/h4-5,19,21H,1-3,6-17H2,(H,30,31)(H,32,34)(H,35,36)/t21-,25-/m0/s1. The van der Waals surface area contributed by atoms with E-state index in [9.17, 15) is 23.5 Å². The molecular weight excluding hydrogens is 473 g/mol. The first-order valence-corrected chi connectivity index (χ1v) is 13.2. The Morgan fingerprint density at radius 1 is 1.19 bits per heavy atom. The fraction of sp³-hybridized carbons (Fsp3) is 0.731. The fourth-order valence-corrected chi connectivity index (χ4v) is 5.59. The van der Waals surface area contributed by atoms with Gasteiger partial charge in [-0.05, 0) is 76.0 Å². The Bertz CT molecular complexity index is 937. The van der Waals surface area contributed by atoms with Crippen LogP contribution in [0.1, 0.15) is 69.0 Å². The Morgan fingerprint density at radius 3 is 2.72 bits per heavy atom. The number of aryl methyl sites for hydroxylation is 2. The molecular formula is C26H37F3N4O3. The van der Waals surface area contributed by atoms with Gasteiger partial charge in [-0.3, -0.25) is 4.79 Å². The Morgan fingerprint density at radius 2 is 1.97 bits per heavy atom. The maximum atomic E-state index is 15.7. The van der Waals surface area contributed by atoms with Gasteiger partial charge in [-0.25, -0.2) is 22.9 Å². The van der Waals surface area contributed by atoms with Crippen LogP contribution in [0.25, 0.3) is 0 Å². The van der Waals surface area contributed by atoms with Crippen molar-refractivity contribution in [3.05, 3.63) is 23.4 Å². The van der Waals surface area contributed by atoms with E-state index < -0.39 is 35.4 Å². The van der Waals surface area contributed by atoms with Crippen molar-refractivity contribution in [3.8, 4) is 0 Å². The van der Waals surface area contributed by atoms with Crippen LogP contribution in [0.4, 0.5) is 19.0 Å². The van der Waals surface area contributed by atoms with Crippen molar-refractivity contribution in [2.45, 2.75) is 88.3 Å². The quantitative estimate of drug-likeness (QED) is 0.466. The van der Waals surface area contributed by atoms with E-state index in [0.29, 0.717) is 38.8 Å². The molecule has 10 heteroatoms. The molecule has 1 saturated heterocycles. The molecule has 0 unspecified atom stereocenters. The predicted octanol–water partition coefficient (Wildman–Crippen LogP) is 3.96. The van der Waals surface area contributed by atoms with Crippen molar-refractivity contribution < 1.29 is 27.9 Å². The van der Waals surface area contributed by atoms with Gasteiger partial charge in [0.05, 0.1) is 0 Å². The topological polar surface area (TPSA) is 94.6 Å². The number of likely N-dealkylation sites (tertiary alicyclic amines) is 1. The van der Waals surface area contributed by atoms with Crippen molar-refractivity contribution in [1.29, 1.82) is 0 Å². The molecule has 1 saturated carbocycles. The molecule has 0 radical (unpaired) electrons.